The van der Waals surface area contributed by atoms with E-state index in [1.54, 1.807) is 4.68 Å². The van der Waals surface area contributed by atoms with E-state index < -0.39 is 0 Å². The van der Waals surface area contributed by atoms with Crippen LogP contribution in [0.15, 0.2) is 30.5 Å². The van der Waals surface area contributed by atoms with Crippen LogP contribution in [0.4, 0.5) is 5.82 Å². The minimum atomic E-state index is 0.748. The van der Waals surface area contributed by atoms with Gasteiger partial charge in [-0.2, -0.15) is 5.10 Å². The molecule has 3 nitrogen and oxygen atoms in total. The van der Waals surface area contributed by atoms with Gasteiger partial charge in [-0.25, -0.2) is 0 Å². The van der Waals surface area contributed by atoms with E-state index in [9.17, 15) is 0 Å². The summed E-state index contributed by atoms with van der Waals surface area (Å²) in [7, 11) is 1.86. The number of nitrogens with two attached hydrogens (primary N) is 1. The van der Waals surface area contributed by atoms with E-state index in [2.05, 4.69) is 30.2 Å². The van der Waals surface area contributed by atoms with E-state index in [1.807, 2.05) is 19.3 Å². The van der Waals surface area contributed by atoms with Crippen LogP contribution in [0.25, 0.3) is 0 Å². The van der Waals surface area contributed by atoms with Crippen molar-refractivity contribution in [2.75, 3.05) is 5.73 Å². The molecule has 1 aromatic heterocycles. The van der Waals surface area contributed by atoms with Gasteiger partial charge in [0.25, 0.3) is 0 Å². The van der Waals surface area contributed by atoms with Crippen LogP contribution in [0.3, 0.4) is 0 Å². The standard InChI is InChI=1S/C12H15N3/c1-9-5-3-4-6-10(9)7-11-8-14-15(2)12(11)13/h3-6,8H,7,13H2,1-2H3. The van der Waals surface area contributed by atoms with Gasteiger partial charge in [-0.1, -0.05) is 24.3 Å². The number of aryl methyl sites for hydroxylation is 2. The van der Waals surface area contributed by atoms with Gasteiger partial charge in [-0.05, 0) is 18.1 Å². The Hall–Kier alpha value is -1.77. The normalized spacial score (nSPS) is 10.5. The third kappa shape index (κ3) is 1.86. The summed E-state index contributed by atoms with van der Waals surface area (Å²) in [5.74, 6) is 0.748. The van der Waals surface area contributed by atoms with Crippen LogP contribution in [0.5, 0.6) is 0 Å². The molecule has 0 atom stereocenters. The molecule has 78 valence electrons. The van der Waals surface area contributed by atoms with E-state index in [1.165, 1.54) is 11.1 Å². The SMILES string of the molecule is Cc1ccccc1Cc1cnn(C)c1N. The first kappa shape index (κ1) is 9.77. The minimum absolute atomic E-state index is 0.748. The lowest BCUT2D eigenvalue weighted by Gasteiger charge is -2.04. The number of rotatable bonds is 2. The van der Waals surface area contributed by atoms with Crippen LogP contribution in [-0.4, -0.2) is 9.78 Å². The zero-order chi connectivity index (χ0) is 10.8. The molecule has 0 aliphatic rings. The fourth-order valence-electron chi connectivity index (χ4n) is 1.64. The first-order valence-electron chi connectivity index (χ1n) is 4.99. The molecule has 1 aromatic carbocycles. The van der Waals surface area contributed by atoms with E-state index in [4.69, 9.17) is 5.73 Å². The average Bonchev–Trinajstić information content (AvgIpc) is 2.53. The number of benzene rings is 1. The molecule has 0 saturated heterocycles. The largest absolute Gasteiger partial charge is 0.384 e. The average molecular weight is 201 g/mol. The Morgan fingerprint density at radius 2 is 2.00 bits per heavy atom. The highest BCUT2D eigenvalue weighted by Gasteiger charge is 2.06. The van der Waals surface area contributed by atoms with Gasteiger partial charge >= 0.3 is 0 Å². The number of nitrogens with zero attached hydrogens (tertiary/aromatic N) is 2. The van der Waals surface area contributed by atoms with Gasteiger partial charge in [0.1, 0.15) is 5.82 Å². The van der Waals surface area contributed by atoms with Crippen molar-refractivity contribution in [1.29, 1.82) is 0 Å². The van der Waals surface area contributed by atoms with E-state index in [-0.39, 0.29) is 0 Å². The molecule has 0 aliphatic heterocycles. The van der Waals surface area contributed by atoms with Gasteiger partial charge in [-0.15, -0.1) is 0 Å². The van der Waals surface area contributed by atoms with Crippen LogP contribution >= 0.6 is 0 Å². The van der Waals surface area contributed by atoms with Crippen LogP contribution in [-0.2, 0) is 13.5 Å². The predicted octanol–water partition coefficient (Wildman–Crippen LogP) is 1.90. The molecular formula is C12H15N3. The first-order valence-corrected chi connectivity index (χ1v) is 4.99. The highest BCUT2D eigenvalue weighted by atomic mass is 15.3. The Labute approximate surface area is 89.5 Å². The zero-order valence-electron chi connectivity index (χ0n) is 9.07. The van der Waals surface area contributed by atoms with Crippen molar-refractivity contribution >= 4 is 5.82 Å². The Morgan fingerprint density at radius 1 is 1.27 bits per heavy atom. The number of anilines is 1. The number of nitrogen functional groups attached to an aromatic ring is 1. The molecule has 0 saturated carbocycles. The van der Waals surface area contributed by atoms with Gasteiger partial charge in [-0.3, -0.25) is 4.68 Å². The fraction of sp³-hybridized carbons (Fsp3) is 0.250. The Balaban J connectivity index is 2.30. The van der Waals surface area contributed by atoms with Gasteiger partial charge in [0, 0.05) is 19.0 Å². The molecule has 15 heavy (non-hydrogen) atoms. The van der Waals surface area contributed by atoms with Crippen molar-refractivity contribution in [3.05, 3.63) is 47.2 Å². The second-order valence-electron chi connectivity index (χ2n) is 3.78. The van der Waals surface area contributed by atoms with Crippen molar-refractivity contribution in [1.82, 2.24) is 9.78 Å². The van der Waals surface area contributed by atoms with Crippen molar-refractivity contribution in [2.24, 2.45) is 7.05 Å². The molecule has 2 N–H and O–H groups in total. The molecule has 0 fully saturated rings. The Bertz CT molecular complexity index is 471. The van der Waals surface area contributed by atoms with Crippen molar-refractivity contribution in [3.63, 3.8) is 0 Å². The second-order valence-corrected chi connectivity index (χ2v) is 3.78. The quantitative estimate of drug-likeness (QED) is 0.806. The van der Waals surface area contributed by atoms with Gasteiger partial charge < -0.3 is 5.73 Å². The molecule has 0 spiro atoms. The van der Waals surface area contributed by atoms with Crippen molar-refractivity contribution in [3.8, 4) is 0 Å². The van der Waals surface area contributed by atoms with E-state index in [0.29, 0.717) is 0 Å². The third-order valence-corrected chi connectivity index (χ3v) is 2.71. The summed E-state index contributed by atoms with van der Waals surface area (Å²) in [6.45, 7) is 2.11. The fourth-order valence-corrected chi connectivity index (χ4v) is 1.64. The summed E-state index contributed by atoms with van der Waals surface area (Å²) >= 11 is 0. The lowest BCUT2D eigenvalue weighted by molar-refractivity contribution is 0.778. The number of aromatic nitrogens is 2. The summed E-state index contributed by atoms with van der Waals surface area (Å²) in [5.41, 5.74) is 9.59. The van der Waals surface area contributed by atoms with Gasteiger partial charge in [0.05, 0.1) is 6.20 Å². The maximum atomic E-state index is 5.90. The monoisotopic (exact) mass is 201 g/mol. The predicted molar refractivity (Wildman–Crippen MR) is 61.6 cm³/mol. The van der Waals surface area contributed by atoms with Gasteiger partial charge in [0.2, 0.25) is 0 Å². The molecular weight excluding hydrogens is 186 g/mol. The number of hydrogen-bond donors (Lipinski definition) is 1. The number of hydrogen-bond acceptors (Lipinski definition) is 2. The molecule has 0 radical (unpaired) electrons. The van der Waals surface area contributed by atoms with Crippen LogP contribution in [0, 0.1) is 6.92 Å². The van der Waals surface area contributed by atoms with Crippen LogP contribution in [0.2, 0.25) is 0 Å². The molecule has 0 unspecified atom stereocenters. The summed E-state index contributed by atoms with van der Waals surface area (Å²) in [4.78, 5) is 0. The van der Waals surface area contributed by atoms with Crippen molar-refractivity contribution in [2.45, 2.75) is 13.3 Å². The van der Waals surface area contributed by atoms with Gasteiger partial charge in [0.15, 0.2) is 0 Å². The Morgan fingerprint density at radius 3 is 2.60 bits per heavy atom. The summed E-state index contributed by atoms with van der Waals surface area (Å²) in [6, 6.07) is 8.34. The summed E-state index contributed by atoms with van der Waals surface area (Å²) < 4.78 is 1.70. The highest BCUT2D eigenvalue weighted by molar-refractivity contribution is 5.43. The molecule has 0 amide bonds. The maximum absolute atomic E-state index is 5.90. The minimum Gasteiger partial charge on any atom is -0.384 e. The maximum Gasteiger partial charge on any atom is 0.124 e. The lowest BCUT2D eigenvalue weighted by atomic mass is 10.0. The Kier molecular flexibility index (Phi) is 2.46. The third-order valence-electron chi connectivity index (χ3n) is 2.71. The zero-order valence-corrected chi connectivity index (χ0v) is 9.07. The molecule has 2 aromatic rings. The molecule has 0 bridgehead atoms. The topological polar surface area (TPSA) is 43.8 Å². The second kappa shape index (κ2) is 3.77. The lowest BCUT2D eigenvalue weighted by Crippen LogP contribution is -2.00. The molecule has 1 heterocycles. The molecule has 2 rings (SSSR count). The summed E-state index contributed by atoms with van der Waals surface area (Å²) in [5, 5.41) is 4.13. The van der Waals surface area contributed by atoms with Crippen LogP contribution in [0.1, 0.15) is 16.7 Å². The smallest absolute Gasteiger partial charge is 0.124 e. The highest BCUT2D eigenvalue weighted by Crippen LogP contribution is 2.17. The van der Waals surface area contributed by atoms with Crippen molar-refractivity contribution < 1.29 is 0 Å². The molecule has 0 aliphatic carbocycles. The van der Waals surface area contributed by atoms with E-state index in [0.717, 1.165) is 17.8 Å². The van der Waals surface area contributed by atoms with E-state index >= 15 is 0 Å². The first-order chi connectivity index (χ1) is 7.18. The summed E-state index contributed by atoms with van der Waals surface area (Å²) in [6.07, 6.45) is 2.69. The van der Waals surface area contributed by atoms with Crippen LogP contribution < -0.4 is 5.73 Å². The molecule has 3 heteroatoms.